The van der Waals surface area contributed by atoms with E-state index in [4.69, 9.17) is 16.1 Å². The number of hydrogen-bond donors (Lipinski definition) is 2. The second-order valence-electron chi connectivity index (χ2n) is 16.1. The summed E-state index contributed by atoms with van der Waals surface area (Å²) < 4.78 is 78.2. The maximum atomic E-state index is 17.0. The number of phenols is 1. The van der Waals surface area contributed by atoms with E-state index in [2.05, 4.69) is 31.0 Å². The highest BCUT2D eigenvalue weighted by molar-refractivity contribution is 6.03. The van der Waals surface area contributed by atoms with Gasteiger partial charge in [0.2, 0.25) is 0 Å². The van der Waals surface area contributed by atoms with Crippen LogP contribution in [0.25, 0.3) is 32.9 Å². The van der Waals surface area contributed by atoms with Crippen LogP contribution in [-0.2, 0) is 0 Å². The van der Waals surface area contributed by atoms with Crippen LogP contribution in [0.2, 0.25) is 0 Å². The Hall–Kier alpha value is -4.28. The van der Waals surface area contributed by atoms with Crippen molar-refractivity contribution in [1.29, 1.82) is 0 Å². The number of phenolic OH excluding ortho intramolecular Hbond substituents is 1. The molecule has 4 atom stereocenters. The summed E-state index contributed by atoms with van der Waals surface area (Å²) in [6.07, 6.45) is 9.61. The van der Waals surface area contributed by atoms with Crippen molar-refractivity contribution in [1.82, 2.24) is 25.2 Å². The molecule has 278 valence electrons. The number of benzene rings is 2. The summed E-state index contributed by atoms with van der Waals surface area (Å²) >= 11 is 0. The van der Waals surface area contributed by atoms with Crippen molar-refractivity contribution in [3.05, 3.63) is 47.7 Å². The van der Waals surface area contributed by atoms with Crippen molar-refractivity contribution in [3.8, 4) is 35.4 Å². The number of rotatable bonds is 7. The van der Waals surface area contributed by atoms with Gasteiger partial charge in [-0.2, -0.15) is 23.1 Å². The van der Waals surface area contributed by atoms with Gasteiger partial charge in [0.05, 0.1) is 23.5 Å². The molecule has 4 unspecified atom stereocenters. The van der Waals surface area contributed by atoms with Crippen molar-refractivity contribution in [2.24, 2.45) is 23.2 Å². The van der Waals surface area contributed by atoms with E-state index in [-0.39, 0.29) is 76.4 Å². The zero-order valence-electron chi connectivity index (χ0n) is 29.2. The average molecular weight is 733 g/mol. The van der Waals surface area contributed by atoms with E-state index in [1.165, 1.54) is 43.3 Å². The Morgan fingerprint density at radius 1 is 1.00 bits per heavy atom. The van der Waals surface area contributed by atoms with E-state index in [1.807, 2.05) is 0 Å². The van der Waals surface area contributed by atoms with Crippen molar-refractivity contribution >= 4 is 27.5 Å². The first kappa shape index (κ1) is 34.5. The number of alkyl halides is 3. The van der Waals surface area contributed by atoms with Gasteiger partial charge >= 0.3 is 12.2 Å². The molecule has 2 aromatic heterocycles. The molecule has 4 aromatic rings. The highest BCUT2D eigenvalue weighted by Gasteiger charge is 2.47. The second-order valence-corrected chi connectivity index (χ2v) is 16.1. The number of anilines is 1. The summed E-state index contributed by atoms with van der Waals surface area (Å²) in [6, 6.07) is 5.95. The number of terminal acetylenes is 1. The van der Waals surface area contributed by atoms with Crippen molar-refractivity contribution in [3.63, 3.8) is 0 Å². The number of piperazine rings is 1. The minimum absolute atomic E-state index is 0.00306. The second kappa shape index (κ2) is 12.9. The maximum absolute atomic E-state index is 17.0. The van der Waals surface area contributed by atoms with Crippen molar-refractivity contribution in [2.45, 2.75) is 69.6 Å². The van der Waals surface area contributed by atoms with Crippen LogP contribution in [0.5, 0.6) is 11.8 Å². The molecule has 2 aliphatic carbocycles. The van der Waals surface area contributed by atoms with Crippen LogP contribution < -0.4 is 15.0 Å². The summed E-state index contributed by atoms with van der Waals surface area (Å²) in [7, 11) is 0. The highest BCUT2D eigenvalue weighted by Crippen LogP contribution is 2.48. The lowest BCUT2D eigenvalue weighted by atomic mass is 9.69. The third kappa shape index (κ3) is 6.41. The van der Waals surface area contributed by atoms with E-state index in [9.17, 15) is 22.7 Å². The van der Waals surface area contributed by atoms with Crippen LogP contribution in [0.3, 0.4) is 0 Å². The Kier molecular flexibility index (Phi) is 8.42. The quantitative estimate of drug-likeness (QED) is 0.152. The molecule has 2 aromatic carbocycles. The molecule has 53 heavy (non-hydrogen) atoms. The first-order valence-corrected chi connectivity index (χ1v) is 18.7. The lowest BCUT2D eigenvalue weighted by Crippen LogP contribution is -2.56. The van der Waals surface area contributed by atoms with Crippen molar-refractivity contribution < 1.29 is 31.8 Å². The lowest BCUT2D eigenvalue weighted by Gasteiger charge is -2.38. The fourth-order valence-corrected chi connectivity index (χ4v) is 9.40. The number of halogens is 5. The summed E-state index contributed by atoms with van der Waals surface area (Å²) in [5.41, 5.74) is -0.357. The topological polar surface area (TPSA) is 86.6 Å². The van der Waals surface area contributed by atoms with Gasteiger partial charge < -0.3 is 25.0 Å². The molecule has 9 rings (SSSR count). The molecular weight excluding hydrogens is 691 g/mol. The molecule has 5 aliphatic rings. The first-order chi connectivity index (χ1) is 25.5. The third-order valence-electron chi connectivity index (χ3n) is 12.6. The molecule has 3 saturated heterocycles. The smallest absolute Gasteiger partial charge is 0.391 e. The molecule has 5 fully saturated rings. The fourth-order valence-electron chi connectivity index (χ4n) is 9.40. The van der Waals surface area contributed by atoms with E-state index in [0.29, 0.717) is 61.1 Å². The first-order valence-electron chi connectivity index (χ1n) is 18.7. The Balaban J connectivity index is 1.08. The fraction of sp³-hybridized carbons (Fsp3) is 0.525. The molecule has 3 aliphatic heterocycles. The number of nitrogens with zero attached hydrogens (tertiary/aromatic N) is 5. The lowest BCUT2D eigenvalue weighted by molar-refractivity contribution is -0.185. The molecule has 0 radical (unpaired) electrons. The SMILES string of the molecule is C#Cc1c(F)ccc2cc(O)cc(-c3ncc4c(N5CC6CC7CCC7CC(C5)N6)nc(OCC5(CN6CCC(C(F)(F)F)CC6)CC5)nc4c3F)c12. The van der Waals surface area contributed by atoms with Gasteiger partial charge in [-0.15, -0.1) is 6.42 Å². The average Bonchev–Trinajstić information content (AvgIpc) is 3.91. The van der Waals surface area contributed by atoms with Gasteiger partial charge in [-0.3, -0.25) is 4.98 Å². The number of piperidine rings is 1. The van der Waals surface area contributed by atoms with Crippen LogP contribution in [0.4, 0.5) is 27.8 Å². The molecule has 13 heteroatoms. The van der Waals surface area contributed by atoms with Crippen LogP contribution in [-0.4, -0.2) is 82.5 Å². The number of likely N-dealkylation sites (tertiary alicyclic amines) is 1. The standard InChI is InChI=1S/C40H41F5N6O2/c1-2-29-32(41)6-5-24-15-28(52)16-30(33(24)29)35-34(42)36-31(17-46-35)37(51-18-26-13-22-3-4-23(22)14-27(19-51)47-26)49-38(48-36)53-21-39(9-10-39)20-50-11-7-25(8-12-50)40(43,44)45/h1,5-6,15-17,22-23,25-27,47,52H,3-4,7-14,18-21H2. The molecular formula is C40H41F5N6O2. The number of pyridine rings is 1. The number of hydrogen-bond acceptors (Lipinski definition) is 8. The van der Waals surface area contributed by atoms with Gasteiger partial charge in [0.1, 0.15) is 28.6 Å². The number of aromatic hydroxyl groups is 1. The minimum atomic E-state index is -4.17. The molecule has 0 amide bonds. The predicted octanol–water partition coefficient (Wildman–Crippen LogP) is 7.21. The van der Waals surface area contributed by atoms with E-state index in [0.717, 1.165) is 25.7 Å². The summed E-state index contributed by atoms with van der Waals surface area (Å²) in [5.74, 6) is 1.46. The van der Waals surface area contributed by atoms with E-state index >= 15 is 4.39 Å². The number of ether oxygens (including phenoxy) is 1. The zero-order valence-corrected chi connectivity index (χ0v) is 29.2. The summed E-state index contributed by atoms with van der Waals surface area (Å²) in [5, 5.41) is 15.5. The van der Waals surface area contributed by atoms with Crippen LogP contribution >= 0.6 is 0 Å². The Bertz CT molecular complexity index is 2110. The Morgan fingerprint density at radius 2 is 1.72 bits per heavy atom. The summed E-state index contributed by atoms with van der Waals surface area (Å²) in [6.45, 7) is 2.97. The van der Waals surface area contributed by atoms with Gasteiger partial charge in [-0.05, 0) is 99.9 Å². The third-order valence-corrected chi connectivity index (χ3v) is 12.6. The molecule has 2 N–H and O–H groups in total. The van der Waals surface area contributed by atoms with Gasteiger partial charge in [-0.1, -0.05) is 12.0 Å². The van der Waals surface area contributed by atoms with Gasteiger partial charge in [0, 0.05) is 54.3 Å². The predicted molar refractivity (Wildman–Crippen MR) is 191 cm³/mol. The maximum Gasteiger partial charge on any atom is 0.391 e. The Labute approximate surface area is 304 Å². The van der Waals surface area contributed by atoms with Crippen molar-refractivity contribution in [2.75, 3.05) is 44.2 Å². The number of nitrogens with one attached hydrogen (secondary N) is 1. The minimum Gasteiger partial charge on any atom is -0.508 e. The summed E-state index contributed by atoms with van der Waals surface area (Å²) in [4.78, 5) is 18.3. The Morgan fingerprint density at radius 3 is 2.36 bits per heavy atom. The molecule has 5 heterocycles. The largest absolute Gasteiger partial charge is 0.508 e. The van der Waals surface area contributed by atoms with Crippen LogP contribution in [0, 0.1) is 47.1 Å². The highest BCUT2D eigenvalue weighted by atomic mass is 19.4. The molecule has 2 bridgehead atoms. The van der Waals surface area contributed by atoms with Gasteiger partial charge in [0.25, 0.3) is 0 Å². The van der Waals surface area contributed by atoms with E-state index < -0.39 is 23.7 Å². The number of fused-ring (bicyclic) bond motifs is 5. The van der Waals surface area contributed by atoms with E-state index in [1.54, 1.807) is 0 Å². The van der Waals surface area contributed by atoms with Gasteiger partial charge in [0.15, 0.2) is 5.82 Å². The van der Waals surface area contributed by atoms with Gasteiger partial charge in [-0.25, -0.2) is 8.78 Å². The molecule has 2 saturated carbocycles. The molecule has 8 nitrogen and oxygen atoms in total. The number of aromatic nitrogens is 3. The van der Waals surface area contributed by atoms with Crippen LogP contribution in [0.15, 0.2) is 30.5 Å². The molecule has 0 spiro atoms. The normalized spacial score (nSPS) is 25.8. The zero-order chi connectivity index (χ0) is 36.6. The van der Waals surface area contributed by atoms with Crippen LogP contribution in [0.1, 0.15) is 56.9 Å². The monoisotopic (exact) mass is 732 g/mol.